The third-order valence-corrected chi connectivity index (χ3v) is 5.61. The van der Waals surface area contributed by atoms with E-state index in [9.17, 15) is 4.79 Å². The van der Waals surface area contributed by atoms with Gasteiger partial charge in [0.15, 0.2) is 16.8 Å². The Morgan fingerprint density at radius 3 is 2.54 bits per heavy atom. The normalized spacial score (nSPS) is 11.0. The molecule has 0 aliphatic carbocycles. The first-order valence-corrected chi connectivity index (χ1v) is 9.98. The fraction of sp³-hybridized carbons (Fsp3) is 0.286. The number of nitrogens with zero attached hydrogens (tertiary/aromatic N) is 4. The molecule has 0 N–H and O–H groups in total. The number of hydrogen-bond acceptors (Lipinski definition) is 5. The van der Waals surface area contributed by atoms with E-state index in [1.165, 1.54) is 11.8 Å². The number of furan rings is 1. The Morgan fingerprint density at radius 1 is 1.18 bits per heavy atom. The number of Topliss-reactive ketones (excluding diaryl/α,β-unsaturated/α-hetero) is 1. The fourth-order valence-corrected chi connectivity index (χ4v) is 4.04. The zero-order chi connectivity index (χ0) is 20.3. The lowest BCUT2D eigenvalue weighted by atomic mass is 10.2. The molecule has 7 heteroatoms. The second kappa shape index (κ2) is 8.48. The molecule has 0 saturated carbocycles. The van der Waals surface area contributed by atoms with Gasteiger partial charge in [0, 0.05) is 30.0 Å². The summed E-state index contributed by atoms with van der Waals surface area (Å²) in [5.74, 6) is 1.85. The third-order valence-electron chi connectivity index (χ3n) is 4.65. The number of carbonyl (C=O) groups excluding carboxylic acids is 1. The van der Waals surface area contributed by atoms with Crippen LogP contribution in [0.3, 0.4) is 0 Å². The first-order valence-electron chi connectivity index (χ1n) is 9.00. The SMILES string of the molecule is C=CCn1c(SCC(=O)c2cc(C)n(CC=C)c2C)nnc1-c1ccoc1C. The molecule has 0 saturated heterocycles. The highest BCUT2D eigenvalue weighted by Crippen LogP contribution is 2.28. The van der Waals surface area contributed by atoms with Gasteiger partial charge in [-0.15, -0.1) is 23.4 Å². The molecule has 0 unspecified atom stereocenters. The molecule has 0 amide bonds. The topological polar surface area (TPSA) is 65.8 Å². The van der Waals surface area contributed by atoms with Gasteiger partial charge in [0.25, 0.3) is 0 Å². The Hall–Kier alpha value is -2.80. The van der Waals surface area contributed by atoms with Gasteiger partial charge in [0.05, 0.1) is 17.6 Å². The van der Waals surface area contributed by atoms with Crippen LogP contribution in [0, 0.1) is 20.8 Å². The molecule has 6 nitrogen and oxygen atoms in total. The molecular formula is C21H24N4O2S. The highest BCUT2D eigenvalue weighted by molar-refractivity contribution is 7.99. The molecule has 0 aliphatic heterocycles. The van der Waals surface area contributed by atoms with E-state index in [0.717, 1.165) is 28.3 Å². The summed E-state index contributed by atoms with van der Waals surface area (Å²) in [6.07, 6.45) is 5.25. The molecule has 146 valence electrons. The van der Waals surface area contributed by atoms with E-state index in [-0.39, 0.29) is 11.5 Å². The van der Waals surface area contributed by atoms with Crippen molar-refractivity contribution < 1.29 is 9.21 Å². The monoisotopic (exact) mass is 396 g/mol. The Morgan fingerprint density at radius 2 is 1.89 bits per heavy atom. The lowest BCUT2D eigenvalue weighted by molar-refractivity contribution is 0.102. The maximum atomic E-state index is 12.8. The average molecular weight is 397 g/mol. The molecule has 0 aliphatic rings. The summed E-state index contributed by atoms with van der Waals surface area (Å²) >= 11 is 1.38. The van der Waals surface area contributed by atoms with Crippen molar-refractivity contribution in [3.63, 3.8) is 0 Å². The highest BCUT2D eigenvalue weighted by Gasteiger charge is 2.20. The second-order valence-corrected chi connectivity index (χ2v) is 7.43. The third kappa shape index (κ3) is 3.75. The van der Waals surface area contributed by atoms with Crippen LogP contribution in [0.1, 0.15) is 27.5 Å². The van der Waals surface area contributed by atoms with E-state index in [1.807, 2.05) is 43.5 Å². The van der Waals surface area contributed by atoms with Crippen LogP contribution in [-0.4, -0.2) is 30.9 Å². The second-order valence-electron chi connectivity index (χ2n) is 6.49. The van der Waals surface area contributed by atoms with Gasteiger partial charge in [-0.1, -0.05) is 23.9 Å². The molecule has 0 spiro atoms. The van der Waals surface area contributed by atoms with Crippen LogP contribution in [0.2, 0.25) is 0 Å². The molecule has 0 fully saturated rings. The molecule has 3 aromatic heterocycles. The Balaban J connectivity index is 1.81. The number of thioether (sulfide) groups is 1. The predicted molar refractivity (Wildman–Crippen MR) is 112 cm³/mol. The van der Waals surface area contributed by atoms with E-state index in [2.05, 4.69) is 27.9 Å². The van der Waals surface area contributed by atoms with E-state index in [0.29, 0.717) is 24.1 Å². The summed E-state index contributed by atoms with van der Waals surface area (Å²) in [5, 5.41) is 9.28. The molecule has 28 heavy (non-hydrogen) atoms. The van der Waals surface area contributed by atoms with Crippen LogP contribution in [0.15, 0.2) is 53.3 Å². The van der Waals surface area contributed by atoms with Crippen LogP contribution in [0.4, 0.5) is 0 Å². The first kappa shape index (κ1) is 19.9. The van der Waals surface area contributed by atoms with Gasteiger partial charge in [-0.25, -0.2) is 0 Å². The van der Waals surface area contributed by atoms with Crippen molar-refractivity contribution in [1.82, 2.24) is 19.3 Å². The Bertz CT molecular complexity index is 1030. The zero-order valence-electron chi connectivity index (χ0n) is 16.4. The summed E-state index contributed by atoms with van der Waals surface area (Å²) in [5.41, 5.74) is 3.65. The maximum absolute atomic E-state index is 12.8. The van der Waals surface area contributed by atoms with Gasteiger partial charge in [0.1, 0.15) is 5.76 Å². The van der Waals surface area contributed by atoms with Crippen molar-refractivity contribution in [2.75, 3.05) is 5.75 Å². The van der Waals surface area contributed by atoms with Crippen molar-refractivity contribution >= 4 is 17.5 Å². The van der Waals surface area contributed by atoms with Gasteiger partial charge in [-0.05, 0) is 32.9 Å². The van der Waals surface area contributed by atoms with Crippen molar-refractivity contribution in [1.29, 1.82) is 0 Å². The van der Waals surface area contributed by atoms with Crippen molar-refractivity contribution in [3.05, 3.63) is 66.4 Å². The summed E-state index contributed by atoms with van der Waals surface area (Å²) in [4.78, 5) is 12.8. The van der Waals surface area contributed by atoms with Crippen LogP contribution in [0.5, 0.6) is 0 Å². The molecule has 0 atom stereocenters. The van der Waals surface area contributed by atoms with Gasteiger partial charge in [-0.3, -0.25) is 9.36 Å². The zero-order valence-corrected chi connectivity index (χ0v) is 17.3. The number of carbonyl (C=O) groups is 1. The number of ketones is 1. The van der Waals surface area contributed by atoms with Crippen molar-refractivity contribution in [3.8, 4) is 11.4 Å². The van der Waals surface area contributed by atoms with Crippen molar-refractivity contribution in [2.24, 2.45) is 0 Å². The lowest BCUT2D eigenvalue weighted by Crippen LogP contribution is -2.07. The quantitative estimate of drug-likeness (QED) is 0.300. The Kier molecular flexibility index (Phi) is 6.04. The number of hydrogen-bond donors (Lipinski definition) is 0. The van der Waals surface area contributed by atoms with Crippen molar-refractivity contribution in [2.45, 2.75) is 39.0 Å². The predicted octanol–water partition coefficient (Wildman–Crippen LogP) is 4.61. The maximum Gasteiger partial charge on any atom is 0.192 e. The summed E-state index contributed by atoms with van der Waals surface area (Å²) < 4.78 is 9.42. The number of allylic oxidation sites excluding steroid dienone is 2. The van der Waals surface area contributed by atoms with Gasteiger partial charge in [-0.2, -0.15) is 0 Å². The summed E-state index contributed by atoms with van der Waals surface area (Å²) in [6, 6.07) is 3.81. The van der Waals surface area contributed by atoms with E-state index in [4.69, 9.17) is 4.42 Å². The van der Waals surface area contributed by atoms with Gasteiger partial charge in [0.2, 0.25) is 0 Å². The standard InChI is InChI=1S/C21H24N4O2S/c1-6-9-24-14(3)12-18(15(24)4)19(26)13-28-21-23-22-20(25(21)10-7-2)17-8-11-27-16(17)5/h6-8,11-12H,1-2,9-10,13H2,3-5H3. The fourth-order valence-electron chi connectivity index (χ4n) is 3.21. The molecule has 3 rings (SSSR count). The van der Waals surface area contributed by atoms with E-state index in [1.54, 1.807) is 12.3 Å². The van der Waals surface area contributed by atoms with Crippen LogP contribution in [-0.2, 0) is 13.1 Å². The summed E-state index contributed by atoms with van der Waals surface area (Å²) in [7, 11) is 0. The van der Waals surface area contributed by atoms with Crippen LogP contribution in [0.25, 0.3) is 11.4 Å². The largest absolute Gasteiger partial charge is 0.469 e. The highest BCUT2D eigenvalue weighted by atomic mass is 32.2. The minimum absolute atomic E-state index is 0.0719. The smallest absolute Gasteiger partial charge is 0.192 e. The molecule has 3 heterocycles. The van der Waals surface area contributed by atoms with Gasteiger partial charge < -0.3 is 8.98 Å². The van der Waals surface area contributed by atoms with Crippen LogP contribution < -0.4 is 0 Å². The van der Waals surface area contributed by atoms with Gasteiger partial charge >= 0.3 is 0 Å². The lowest BCUT2D eigenvalue weighted by Gasteiger charge is -2.08. The molecule has 0 bridgehead atoms. The first-order chi connectivity index (χ1) is 13.5. The van der Waals surface area contributed by atoms with E-state index >= 15 is 0 Å². The minimum atomic E-state index is 0.0719. The minimum Gasteiger partial charge on any atom is -0.469 e. The summed E-state index contributed by atoms with van der Waals surface area (Å²) in [6.45, 7) is 14.7. The molecule has 0 radical (unpaired) electrons. The number of aromatic nitrogens is 4. The molecule has 0 aromatic carbocycles. The van der Waals surface area contributed by atoms with E-state index < -0.39 is 0 Å². The molecular weight excluding hydrogens is 372 g/mol. The number of rotatable bonds is 9. The number of aryl methyl sites for hydroxylation is 2. The molecule has 3 aromatic rings. The van der Waals surface area contributed by atoms with Crippen LogP contribution >= 0.6 is 11.8 Å². The Labute approximate surface area is 169 Å². The average Bonchev–Trinajstić information content (AvgIpc) is 3.34.